The lowest BCUT2D eigenvalue weighted by Crippen LogP contribution is -2.26. The minimum atomic E-state index is -3.57. The largest absolute Gasteiger partial charge is 0.455 e. The SMILES string of the molecule is CC1N=C(c2c(-c3ccc(F)cc3)oc3cc(CS(=O)(=O)NCCCCO)c(C4CC4)cc23)NO1. The highest BCUT2D eigenvalue weighted by molar-refractivity contribution is 7.88. The van der Waals surface area contributed by atoms with Gasteiger partial charge in [0.15, 0.2) is 12.1 Å². The van der Waals surface area contributed by atoms with E-state index >= 15 is 0 Å². The van der Waals surface area contributed by atoms with Crippen LogP contribution >= 0.6 is 0 Å². The Hall–Kier alpha value is -2.79. The van der Waals surface area contributed by atoms with Gasteiger partial charge in [-0.3, -0.25) is 0 Å². The van der Waals surface area contributed by atoms with E-state index in [0.717, 1.165) is 23.8 Å². The van der Waals surface area contributed by atoms with E-state index < -0.39 is 10.0 Å². The van der Waals surface area contributed by atoms with E-state index in [1.165, 1.54) is 12.1 Å². The summed E-state index contributed by atoms with van der Waals surface area (Å²) in [6.45, 7) is 2.13. The summed E-state index contributed by atoms with van der Waals surface area (Å²) in [7, 11) is -3.57. The van der Waals surface area contributed by atoms with Crippen molar-refractivity contribution in [2.24, 2.45) is 4.99 Å². The summed E-state index contributed by atoms with van der Waals surface area (Å²) in [5.41, 5.74) is 6.46. The highest BCUT2D eigenvalue weighted by Crippen LogP contribution is 2.45. The summed E-state index contributed by atoms with van der Waals surface area (Å²) in [5, 5.41) is 9.72. The fourth-order valence-electron chi connectivity index (χ4n) is 4.35. The second kappa shape index (κ2) is 9.69. The Bertz CT molecular complexity index is 1360. The van der Waals surface area contributed by atoms with Gasteiger partial charge in [-0.2, -0.15) is 0 Å². The van der Waals surface area contributed by atoms with Crippen LogP contribution in [-0.2, 0) is 20.6 Å². The third-order valence-electron chi connectivity index (χ3n) is 6.20. The van der Waals surface area contributed by atoms with E-state index in [4.69, 9.17) is 14.4 Å². The number of nitrogens with one attached hydrogen (secondary N) is 2. The van der Waals surface area contributed by atoms with Crippen molar-refractivity contribution in [3.05, 3.63) is 58.9 Å². The average Bonchev–Trinajstić information content (AvgIpc) is 3.48. The second-order valence-electron chi connectivity index (χ2n) is 9.02. The molecule has 1 saturated carbocycles. The van der Waals surface area contributed by atoms with Crippen LogP contribution in [0.25, 0.3) is 22.3 Å². The molecule has 35 heavy (non-hydrogen) atoms. The van der Waals surface area contributed by atoms with Crippen molar-refractivity contribution in [1.29, 1.82) is 0 Å². The summed E-state index contributed by atoms with van der Waals surface area (Å²) >= 11 is 0. The second-order valence-corrected chi connectivity index (χ2v) is 10.8. The molecule has 0 saturated heterocycles. The molecule has 0 spiro atoms. The molecule has 10 heteroatoms. The van der Waals surface area contributed by atoms with Crippen LogP contribution < -0.4 is 10.2 Å². The fraction of sp³-hybridized carbons (Fsp3) is 0.400. The summed E-state index contributed by atoms with van der Waals surface area (Å²) in [5.74, 6) is 0.810. The number of unbranched alkanes of at least 4 members (excludes halogenated alkanes) is 1. The summed E-state index contributed by atoms with van der Waals surface area (Å²) in [6, 6.07) is 9.81. The van der Waals surface area contributed by atoms with Crippen LogP contribution in [0.5, 0.6) is 0 Å². The molecular weight excluding hydrogens is 473 g/mol. The van der Waals surface area contributed by atoms with E-state index in [-0.39, 0.29) is 30.9 Å². The van der Waals surface area contributed by atoms with Gasteiger partial charge in [0, 0.05) is 24.1 Å². The molecule has 0 radical (unpaired) electrons. The highest BCUT2D eigenvalue weighted by atomic mass is 32.2. The maximum absolute atomic E-state index is 13.6. The zero-order chi connectivity index (χ0) is 24.6. The van der Waals surface area contributed by atoms with Gasteiger partial charge in [-0.25, -0.2) is 32.8 Å². The number of hydrogen-bond acceptors (Lipinski definition) is 7. The monoisotopic (exact) mass is 501 g/mol. The van der Waals surface area contributed by atoms with Gasteiger partial charge in [-0.1, -0.05) is 0 Å². The Morgan fingerprint density at radius 3 is 2.63 bits per heavy atom. The lowest BCUT2D eigenvalue weighted by atomic mass is 9.98. The molecule has 2 aromatic carbocycles. The molecule has 186 valence electrons. The van der Waals surface area contributed by atoms with Gasteiger partial charge >= 0.3 is 0 Å². The third kappa shape index (κ3) is 5.25. The zero-order valence-electron chi connectivity index (χ0n) is 19.4. The number of aliphatic hydroxyl groups excluding tert-OH is 1. The molecule has 1 fully saturated rings. The van der Waals surface area contributed by atoms with Crippen LogP contribution in [-0.4, -0.2) is 38.7 Å². The quantitative estimate of drug-likeness (QED) is 0.363. The molecule has 1 aliphatic carbocycles. The Balaban J connectivity index is 1.59. The van der Waals surface area contributed by atoms with E-state index in [9.17, 15) is 12.8 Å². The van der Waals surface area contributed by atoms with Crippen molar-refractivity contribution in [2.75, 3.05) is 13.2 Å². The molecule has 5 rings (SSSR count). The molecule has 1 aliphatic heterocycles. The molecule has 8 nitrogen and oxygen atoms in total. The number of benzene rings is 2. The number of amidine groups is 1. The van der Waals surface area contributed by atoms with Gasteiger partial charge in [-0.05, 0) is 86.1 Å². The van der Waals surface area contributed by atoms with E-state index in [1.54, 1.807) is 18.2 Å². The minimum Gasteiger partial charge on any atom is -0.455 e. The normalized spacial score (nSPS) is 18.1. The number of nitrogens with zero attached hydrogens (tertiary/aromatic N) is 1. The van der Waals surface area contributed by atoms with Crippen molar-refractivity contribution in [2.45, 2.75) is 50.5 Å². The standard InChI is InChI=1S/C25H28FN3O5S/c1-15-28-25(29-34-15)23-21-13-20(16-4-5-16)18(14-35(31,32)27-10-2-3-11-30)12-22(21)33-24(23)17-6-8-19(26)9-7-17/h6-9,12-13,15-16,27,30H,2-5,10-11,14H2,1H3,(H,28,29). The average molecular weight is 502 g/mol. The highest BCUT2D eigenvalue weighted by Gasteiger charge is 2.31. The first-order valence-electron chi connectivity index (χ1n) is 11.8. The van der Waals surface area contributed by atoms with Crippen LogP contribution in [0.3, 0.4) is 0 Å². The lowest BCUT2D eigenvalue weighted by molar-refractivity contribution is 0.0504. The first-order chi connectivity index (χ1) is 16.8. The number of halogens is 1. The van der Waals surface area contributed by atoms with Crippen molar-refractivity contribution < 1.29 is 27.2 Å². The summed E-state index contributed by atoms with van der Waals surface area (Å²) in [6.07, 6.45) is 2.74. The van der Waals surface area contributed by atoms with Gasteiger partial charge in [0.05, 0.1) is 11.3 Å². The van der Waals surface area contributed by atoms with Crippen LogP contribution in [0.1, 0.15) is 55.2 Å². The topological polar surface area (TPSA) is 113 Å². The van der Waals surface area contributed by atoms with Crippen molar-refractivity contribution in [3.8, 4) is 11.3 Å². The van der Waals surface area contributed by atoms with Crippen molar-refractivity contribution in [3.63, 3.8) is 0 Å². The number of aliphatic imine (C=N–C) groups is 1. The first kappa shape index (κ1) is 23.9. The number of rotatable bonds is 10. The Labute approximate surface area is 203 Å². The molecule has 3 N–H and O–H groups in total. The zero-order valence-corrected chi connectivity index (χ0v) is 20.2. The van der Waals surface area contributed by atoms with Gasteiger partial charge in [0.1, 0.15) is 17.2 Å². The van der Waals surface area contributed by atoms with E-state index in [2.05, 4.69) is 15.2 Å². The first-order valence-corrected chi connectivity index (χ1v) is 13.4. The van der Waals surface area contributed by atoms with Crippen molar-refractivity contribution in [1.82, 2.24) is 10.2 Å². The van der Waals surface area contributed by atoms with Crippen LogP contribution in [0.4, 0.5) is 4.39 Å². The van der Waals surface area contributed by atoms with Crippen LogP contribution in [0.15, 0.2) is 45.8 Å². The summed E-state index contributed by atoms with van der Waals surface area (Å²) in [4.78, 5) is 9.96. The van der Waals surface area contributed by atoms with Gasteiger partial charge < -0.3 is 9.52 Å². The Morgan fingerprint density at radius 2 is 1.97 bits per heavy atom. The van der Waals surface area contributed by atoms with E-state index in [0.29, 0.717) is 52.6 Å². The molecule has 3 aromatic rings. The maximum atomic E-state index is 13.6. The summed E-state index contributed by atoms with van der Waals surface area (Å²) < 4.78 is 48.0. The van der Waals surface area contributed by atoms with Gasteiger partial charge in [-0.15, -0.1) is 0 Å². The molecular formula is C25H28FN3O5S. The number of fused-ring (bicyclic) bond motifs is 1. The molecule has 1 unspecified atom stereocenters. The predicted molar refractivity (Wildman–Crippen MR) is 131 cm³/mol. The van der Waals surface area contributed by atoms with Gasteiger partial charge in [0.2, 0.25) is 10.0 Å². The maximum Gasteiger partial charge on any atom is 0.215 e. The smallest absolute Gasteiger partial charge is 0.215 e. The number of furan rings is 1. The number of hydroxylamine groups is 1. The van der Waals surface area contributed by atoms with Crippen LogP contribution in [0.2, 0.25) is 0 Å². The molecule has 0 amide bonds. The number of hydrogen-bond donors (Lipinski definition) is 3. The molecule has 1 aromatic heterocycles. The van der Waals surface area contributed by atoms with Gasteiger partial charge in [0.25, 0.3) is 0 Å². The predicted octanol–water partition coefficient (Wildman–Crippen LogP) is 3.94. The number of aliphatic hydroxyl groups is 1. The molecule has 1 atom stereocenters. The third-order valence-corrected chi connectivity index (χ3v) is 7.53. The Morgan fingerprint density at radius 1 is 1.20 bits per heavy atom. The molecule has 2 aliphatic rings. The van der Waals surface area contributed by atoms with Crippen molar-refractivity contribution >= 4 is 26.8 Å². The molecule has 2 heterocycles. The van der Waals surface area contributed by atoms with Crippen LogP contribution in [0, 0.1) is 5.82 Å². The molecule has 0 bridgehead atoms. The minimum absolute atomic E-state index is 0.0331. The lowest BCUT2D eigenvalue weighted by Gasteiger charge is -2.11. The number of sulfonamides is 1. The Kier molecular flexibility index (Phi) is 6.63. The fourth-order valence-corrected chi connectivity index (χ4v) is 5.57. The van der Waals surface area contributed by atoms with E-state index in [1.807, 2.05) is 13.0 Å².